The highest BCUT2D eigenvalue weighted by molar-refractivity contribution is 5.54. The molecule has 0 amide bonds. The molecule has 1 fully saturated rings. The molecule has 0 aromatic carbocycles. The lowest BCUT2D eigenvalue weighted by atomic mass is 9.89. The summed E-state index contributed by atoms with van der Waals surface area (Å²) in [6.07, 6.45) is 2.21. The van der Waals surface area contributed by atoms with Crippen LogP contribution in [0.25, 0.3) is 0 Å². The maximum Gasteiger partial charge on any atom is 0.124 e. The molecule has 1 aliphatic rings. The zero-order valence-electron chi connectivity index (χ0n) is 5.76. The summed E-state index contributed by atoms with van der Waals surface area (Å²) < 4.78 is 0. The van der Waals surface area contributed by atoms with E-state index in [0.29, 0.717) is 5.92 Å². The first-order valence-electron chi connectivity index (χ1n) is 3.50. The van der Waals surface area contributed by atoms with Gasteiger partial charge < -0.3 is 10.1 Å². The lowest BCUT2D eigenvalue weighted by Crippen LogP contribution is -2.35. The van der Waals surface area contributed by atoms with Gasteiger partial charge in [0.1, 0.15) is 6.29 Å². The molecule has 2 unspecified atom stereocenters. The van der Waals surface area contributed by atoms with Crippen LogP contribution in [0.2, 0.25) is 0 Å². The number of piperidine rings is 1. The summed E-state index contributed by atoms with van der Waals surface area (Å²) in [6, 6.07) is 0. The van der Waals surface area contributed by atoms with Crippen LogP contribution in [-0.2, 0) is 4.79 Å². The van der Waals surface area contributed by atoms with E-state index < -0.39 is 0 Å². The number of carbonyl (C=O) groups excluding carboxylic acids is 1. The minimum Gasteiger partial charge on any atom is -0.316 e. The second-order valence-corrected chi connectivity index (χ2v) is 2.77. The van der Waals surface area contributed by atoms with Gasteiger partial charge in [-0.15, -0.1) is 0 Å². The van der Waals surface area contributed by atoms with Crippen LogP contribution < -0.4 is 5.32 Å². The van der Waals surface area contributed by atoms with E-state index >= 15 is 0 Å². The van der Waals surface area contributed by atoms with Crippen molar-refractivity contribution in [1.82, 2.24) is 5.32 Å². The lowest BCUT2D eigenvalue weighted by molar-refractivity contribution is -0.112. The molecule has 0 spiro atoms. The van der Waals surface area contributed by atoms with Crippen molar-refractivity contribution in [2.75, 3.05) is 13.1 Å². The Morgan fingerprint density at radius 1 is 1.67 bits per heavy atom. The molecule has 1 heterocycles. The molecule has 0 bridgehead atoms. The molecule has 52 valence electrons. The van der Waals surface area contributed by atoms with Crippen molar-refractivity contribution in [3.05, 3.63) is 0 Å². The van der Waals surface area contributed by atoms with Crippen molar-refractivity contribution in [2.45, 2.75) is 13.3 Å². The Labute approximate surface area is 55.6 Å². The van der Waals surface area contributed by atoms with Crippen molar-refractivity contribution < 1.29 is 4.79 Å². The molecule has 2 atom stereocenters. The summed E-state index contributed by atoms with van der Waals surface area (Å²) in [4.78, 5) is 10.3. The van der Waals surface area contributed by atoms with Crippen LogP contribution >= 0.6 is 0 Å². The summed E-state index contributed by atoms with van der Waals surface area (Å²) in [5.41, 5.74) is 0. The normalized spacial score (nSPS) is 36.1. The minimum atomic E-state index is 0.263. The van der Waals surface area contributed by atoms with Crippen molar-refractivity contribution in [3.8, 4) is 0 Å². The molecule has 0 aliphatic carbocycles. The maximum absolute atomic E-state index is 10.3. The van der Waals surface area contributed by atoms with Crippen LogP contribution in [0.15, 0.2) is 0 Å². The van der Waals surface area contributed by atoms with Crippen molar-refractivity contribution >= 4 is 6.29 Å². The van der Waals surface area contributed by atoms with E-state index in [-0.39, 0.29) is 5.92 Å². The third-order valence-corrected chi connectivity index (χ3v) is 2.06. The van der Waals surface area contributed by atoms with E-state index in [0.717, 1.165) is 25.8 Å². The van der Waals surface area contributed by atoms with Crippen LogP contribution in [0, 0.1) is 11.8 Å². The molecule has 2 nitrogen and oxygen atoms in total. The summed E-state index contributed by atoms with van der Waals surface area (Å²) in [5.74, 6) is 0.850. The standard InChI is InChI=1S/C7H13NO/c1-6-2-3-8-4-7(6)5-9/h5-8H,2-4H2,1H3. The Hall–Kier alpha value is -0.370. The van der Waals surface area contributed by atoms with E-state index in [1.54, 1.807) is 0 Å². The average molecular weight is 127 g/mol. The molecule has 0 radical (unpaired) electrons. The maximum atomic E-state index is 10.3. The summed E-state index contributed by atoms with van der Waals surface area (Å²) >= 11 is 0. The Kier molecular flexibility index (Phi) is 2.22. The van der Waals surface area contributed by atoms with Gasteiger partial charge in [-0.25, -0.2) is 0 Å². The predicted octanol–water partition coefficient (Wildman–Crippen LogP) is 0.431. The molecular weight excluding hydrogens is 114 g/mol. The van der Waals surface area contributed by atoms with Gasteiger partial charge in [-0.1, -0.05) is 6.92 Å². The third-order valence-electron chi connectivity index (χ3n) is 2.06. The van der Waals surface area contributed by atoms with E-state index in [2.05, 4.69) is 12.2 Å². The highest BCUT2D eigenvalue weighted by Crippen LogP contribution is 2.15. The van der Waals surface area contributed by atoms with Gasteiger partial charge in [0.05, 0.1) is 0 Å². The molecule has 9 heavy (non-hydrogen) atoms. The highest BCUT2D eigenvalue weighted by Gasteiger charge is 2.19. The van der Waals surface area contributed by atoms with Gasteiger partial charge in [-0.2, -0.15) is 0 Å². The second-order valence-electron chi connectivity index (χ2n) is 2.77. The quantitative estimate of drug-likeness (QED) is 0.517. The molecule has 2 heteroatoms. The zero-order chi connectivity index (χ0) is 6.69. The van der Waals surface area contributed by atoms with Crippen LogP contribution in [0.4, 0.5) is 0 Å². The molecular formula is C7H13NO. The van der Waals surface area contributed by atoms with E-state index in [1.807, 2.05) is 0 Å². The van der Waals surface area contributed by atoms with E-state index in [4.69, 9.17) is 0 Å². The van der Waals surface area contributed by atoms with E-state index in [1.165, 1.54) is 0 Å². The third kappa shape index (κ3) is 1.52. The number of nitrogens with one attached hydrogen (secondary N) is 1. The van der Waals surface area contributed by atoms with Crippen LogP contribution in [0.1, 0.15) is 13.3 Å². The SMILES string of the molecule is CC1CCNCC1C=O. The first-order valence-corrected chi connectivity index (χ1v) is 3.50. The molecule has 1 rings (SSSR count). The second kappa shape index (κ2) is 2.97. The number of rotatable bonds is 1. The zero-order valence-corrected chi connectivity index (χ0v) is 5.76. The minimum absolute atomic E-state index is 0.263. The molecule has 1 saturated heterocycles. The molecule has 1 aliphatic heterocycles. The number of carbonyl (C=O) groups is 1. The Bertz CT molecular complexity index is 103. The Morgan fingerprint density at radius 3 is 2.89 bits per heavy atom. The fourth-order valence-corrected chi connectivity index (χ4v) is 1.20. The first-order chi connectivity index (χ1) is 4.34. The van der Waals surface area contributed by atoms with Crippen molar-refractivity contribution in [3.63, 3.8) is 0 Å². The number of hydrogen-bond donors (Lipinski definition) is 1. The first kappa shape index (κ1) is 6.75. The lowest BCUT2D eigenvalue weighted by Gasteiger charge is -2.24. The number of hydrogen-bond acceptors (Lipinski definition) is 2. The van der Waals surface area contributed by atoms with Crippen LogP contribution in [-0.4, -0.2) is 19.4 Å². The fourth-order valence-electron chi connectivity index (χ4n) is 1.20. The van der Waals surface area contributed by atoms with Gasteiger partial charge in [0.2, 0.25) is 0 Å². The Morgan fingerprint density at radius 2 is 2.44 bits per heavy atom. The van der Waals surface area contributed by atoms with Gasteiger partial charge in [0.25, 0.3) is 0 Å². The predicted molar refractivity (Wildman–Crippen MR) is 36.2 cm³/mol. The summed E-state index contributed by atoms with van der Waals surface area (Å²) in [7, 11) is 0. The van der Waals surface area contributed by atoms with Gasteiger partial charge >= 0.3 is 0 Å². The smallest absolute Gasteiger partial charge is 0.124 e. The highest BCUT2D eigenvalue weighted by atomic mass is 16.1. The Balaban J connectivity index is 2.38. The van der Waals surface area contributed by atoms with Gasteiger partial charge in [0.15, 0.2) is 0 Å². The van der Waals surface area contributed by atoms with Gasteiger partial charge in [-0.05, 0) is 18.9 Å². The summed E-state index contributed by atoms with van der Waals surface area (Å²) in [5, 5.41) is 3.18. The van der Waals surface area contributed by atoms with Crippen molar-refractivity contribution in [2.24, 2.45) is 11.8 Å². The molecule has 0 saturated carbocycles. The van der Waals surface area contributed by atoms with Crippen LogP contribution in [0.5, 0.6) is 0 Å². The molecule has 0 aromatic heterocycles. The van der Waals surface area contributed by atoms with Crippen LogP contribution in [0.3, 0.4) is 0 Å². The molecule has 0 aromatic rings. The number of aldehydes is 1. The van der Waals surface area contributed by atoms with Gasteiger partial charge in [0, 0.05) is 12.5 Å². The summed E-state index contributed by atoms with van der Waals surface area (Å²) in [6.45, 7) is 4.09. The van der Waals surface area contributed by atoms with Crippen molar-refractivity contribution in [1.29, 1.82) is 0 Å². The topological polar surface area (TPSA) is 29.1 Å². The monoisotopic (exact) mass is 127 g/mol. The van der Waals surface area contributed by atoms with E-state index in [9.17, 15) is 4.79 Å². The largest absolute Gasteiger partial charge is 0.316 e. The van der Waals surface area contributed by atoms with Gasteiger partial charge in [-0.3, -0.25) is 0 Å². The average Bonchev–Trinajstić information content (AvgIpc) is 1.89. The molecule has 1 N–H and O–H groups in total. The fraction of sp³-hybridized carbons (Fsp3) is 0.857.